The van der Waals surface area contributed by atoms with Crippen molar-refractivity contribution in [1.82, 2.24) is 9.36 Å². The summed E-state index contributed by atoms with van der Waals surface area (Å²) >= 11 is 1.48. The highest BCUT2D eigenvalue weighted by molar-refractivity contribution is 7.09. The molecule has 0 aromatic carbocycles. The van der Waals surface area contributed by atoms with Crippen LogP contribution >= 0.6 is 11.5 Å². The fourth-order valence-corrected chi connectivity index (χ4v) is 2.84. The number of hydrogen-bond acceptors (Lipinski definition) is 4. The van der Waals surface area contributed by atoms with Crippen molar-refractivity contribution >= 4 is 16.7 Å². The van der Waals surface area contributed by atoms with Crippen molar-refractivity contribution < 1.29 is 0 Å². The third-order valence-corrected chi connectivity index (χ3v) is 4.08. The van der Waals surface area contributed by atoms with E-state index in [2.05, 4.69) is 42.4 Å². The van der Waals surface area contributed by atoms with Crippen LogP contribution in [-0.4, -0.2) is 15.9 Å². The molecular weight excluding hydrogens is 266 g/mol. The SMILES string of the molecule is CCCCCCCCCCNc1nc(C(C)(C)C)ns1. The highest BCUT2D eigenvalue weighted by Crippen LogP contribution is 2.22. The van der Waals surface area contributed by atoms with Gasteiger partial charge in [0.05, 0.1) is 0 Å². The van der Waals surface area contributed by atoms with Crippen LogP contribution in [0, 0.1) is 0 Å². The molecule has 0 amide bonds. The van der Waals surface area contributed by atoms with E-state index in [9.17, 15) is 0 Å². The summed E-state index contributed by atoms with van der Waals surface area (Å²) in [7, 11) is 0. The third kappa shape index (κ3) is 7.22. The molecule has 20 heavy (non-hydrogen) atoms. The number of nitrogens with one attached hydrogen (secondary N) is 1. The molecule has 0 radical (unpaired) electrons. The van der Waals surface area contributed by atoms with Crippen LogP contribution in [0.3, 0.4) is 0 Å². The lowest BCUT2D eigenvalue weighted by Crippen LogP contribution is -2.13. The molecule has 3 nitrogen and oxygen atoms in total. The van der Waals surface area contributed by atoms with Crippen molar-refractivity contribution in [1.29, 1.82) is 0 Å². The van der Waals surface area contributed by atoms with Gasteiger partial charge < -0.3 is 5.32 Å². The van der Waals surface area contributed by atoms with Gasteiger partial charge in [-0.05, 0) is 6.42 Å². The van der Waals surface area contributed by atoms with E-state index in [4.69, 9.17) is 0 Å². The van der Waals surface area contributed by atoms with Crippen LogP contribution in [0.25, 0.3) is 0 Å². The molecule has 0 saturated carbocycles. The average Bonchev–Trinajstić information content (AvgIpc) is 2.85. The molecule has 0 bridgehead atoms. The molecular formula is C16H31N3S. The van der Waals surface area contributed by atoms with Gasteiger partial charge in [0.15, 0.2) is 0 Å². The second kappa shape index (κ2) is 9.32. The first kappa shape index (κ1) is 17.4. The van der Waals surface area contributed by atoms with Crippen molar-refractivity contribution in [3.8, 4) is 0 Å². The molecule has 116 valence electrons. The van der Waals surface area contributed by atoms with Crippen molar-refractivity contribution in [3.63, 3.8) is 0 Å². The topological polar surface area (TPSA) is 37.8 Å². The van der Waals surface area contributed by atoms with Gasteiger partial charge in [0, 0.05) is 23.5 Å². The van der Waals surface area contributed by atoms with Crippen molar-refractivity contribution in [3.05, 3.63) is 5.82 Å². The predicted octanol–water partition coefficient (Wildman–Crippen LogP) is 5.39. The summed E-state index contributed by atoms with van der Waals surface area (Å²) in [5, 5.41) is 4.36. The van der Waals surface area contributed by atoms with Crippen molar-refractivity contribution in [2.45, 2.75) is 84.5 Å². The number of unbranched alkanes of at least 4 members (excludes halogenated alkanes) is 7. The Balaban J connectivity index is 2.03. The minimum Gasteiger partial charge on any atom is -0.360 e. The average molecular weight is 298 g/mol. The van der Waals surface area contributed by atoms with Crippen LogP contribution in [0.2, 0.25) is 0 Å². The molecule has 0 fully saturated rings. The zero-order valence-electron chi connectivity index (χ0n) is 13.7. The highest BCUT2D eigenvalue weighted by Gasteiger charge is 2.19. The minimum atomic E-state index is 0.0505. The molecule has 0 unspecified atom stereocenters. The lowest BCUT2D eigenvalue weighted by Gasteiger charge is -2.12. The molecule has 0 saturated heterocycles. The molecule has 0 aliphatic heterocycles. The number of nitrogens with zero attached hydrogens (tertiary/aromatic N) is 2. The Kier molecular flexibility index (Phi) is 8.12. The van der Waals surface area contributed by atoms with Crippen LogP contribution in [0.5, 0.6) is 0 Å². The smallest absolute Gasteiger partial charge is 0.202 e. The molecule has 0 spiro atoms. The first-order chi connectivity index (χ1) is 9.54. The summed E-state index contributed by atoms with van der Waals surface area (Å²) in [6, 6.07) is 0. The van der Waals surface area contributed by atoms with E-state index in [1.165, 1.54) is 62.9 Å². The van der Waals surface area contributed by atoms with Gasteiger partial charge in [0.1, 0.15) is 5.82 Å². The van der Waals surface area contributed by atoms with Gasteiger partial charge in [-0.1, -0.05) is 72.6 Å². The van der Waals surface area contributed by atoms with Gasteiger partial charge in [0.25, 0.3) is 0 Å². The summed E-state index contributed by atoms with van der Waals surface area (Å²) < 4.78 is 4.41. The summed E-state index contributed by atoms with van der Waals surface area (Å²) in [5.74, 6) is 0.945. The maximum absolute atomic E-state index is 4.55. The standard InChI is InChI=1S/C16H31N3S/c1-5-6-7-8-9-10-11-12-13-17-15-18-14(19-20-15)16(2,3)4/h5-13H2,1-4H3,(H,17,18,19). The largest absolute Gasteiger partial charge is 0.360 e. The van der Waals surface area contributed by atoms with Gasteiger partial charge >= 0.3 is 0 Å². The molecule has 0 atom stereocenters. The Morgan fingerprint density at radius 3 is 2.10 bits per heavy atom. The minimum absolute atomic E-state index is 0.0505. The van der Waals surface area contributed by atoms with E-state index in [1.807, 2.05) is 0 Å². The van der Waals surface area contributed by atoms with E-state index in [0.29, 0.717) is 0 Å². The summed E-state index contributed by atoms with van der Waals surface area (Å²) in [5.41, 5.74) is 0.0505. The normalized spacial score (nSPS) is 11.8. The highest BCUT2D eigenvalue weighted by atomic mass is 32.1. The fraction of sp³-hybridized carbons (Fsp3) is 0.875. The Hall–Kier alpha value is -0.640. The van der Waals surface area contributed by atoms with Gasteiger partial charge in [-0.15, -0.1) is 0 Å². The molecule has 1 heterocycles. The Labute approximate surface area is 128 Å². The molecule has 0 aliphatic rings. The number of rotatable bonds is 10. The molecule has 4 heteroatoms. The summed E-state index contributed by atoms with van der Waals surface area (Å²) in [6.07, 6.45) is 10.9. The second-order valence-electron chi connectivity index (χ2n) is 6.57. The van der Waals surface area contributed by atoms with E-state index >= 15 is 0 Å². The Morgan fingerprint density at radius 1 is 0.950 bits per heavy atom. The van der Waals surface area contributed by atoms with E-state index in [1.54, 1.807) is 0 Å². The van der Waals surface area contributed by atoms with Crippen LogP contribution in [0.4, 0.5) is 5.13 Å². The number of aromatic nitrogens is 2. The molecule has 1 N–H and O–H groups in total. The van der Waals surface area contributed by atoms with Crippen LogP contribution in [-0.2, 0) is 5.41 Å². The molecule has 0 aliphatic carbocycles. The quantitative estimate of drug-likeness (QED) is 0.588. The Morgan fingerprint density at radius 2 is 1.55 bits per heavy atom. The maximum Gasteiger partial charge on any atom is 0.202 e. The third-order valence-electron chi connectivity index (χ3n) is 3.40. The van der Waals surface area contributed by atoms with Crippen LogP contribution < -0.4 is 5.32 Å². The molecule has 1 aromatic heterocycles. The fourth-order valence-electron chi connectivity index (χ4n) is 2.05. The molecule has 1 aromatic rings. The van der Waals surface area contributed by atoms with Gasteiger partial charge in [-0.3, -0.25) is 0 Å². The van der Waals surface area contributed by atoms with Gasteiger partial charge in [-0.25, -0.2) is 4.98 Å². The zero-order chi connectivity index (χ0) is 14.8. The predicted molar refractivity (Wildman–Crippen MR) is 89.7 cm³/mol. The van der Waals surface area contributed by atoms with Crippen LogP contribution in [0.15, 0.2) is 0 Å². The van der Waals surface area contributed by atoms with Gasteiger partial charge in [0.2, 0.25) is 5.13 Å². The van der Waals surface area contributed by atoms with E-state index < -0.39 is 0 Å². The van der Waals surface area contributed by atoms with E-state index in [-0.39, 0.29) is 5.41 Å². The molecule has 1 rings (SSSR count). The monoisotopic (exact) mass is 297 g/mol. The number of anilines is 1. The van der Waals surface area contributed by atoms with Crippen molar-refractivity contribution in [2.24, 2.45) is 0 Å². The maximum atomic E-state index is 4.55. The summed E-state index contributed by atoms with van der Waals surface area (Å²) in [6.45, 7) is 9.74. The Bertz CT molecular complexity index is 355. The summed E-state index contributed by atoms with van der Waals surface area (Å²) in [4.78, 5) is 4.55. The second-order valence-corrected chi connectivity index (χ2v) is 7.33. The van der Waals surface area contributed by atoms with Gasteiger partial charge in [-0.2, -0.15) is 4.37 Å². The van der Waals surface area contributed by atoms with E-state index in [0.717, 1.165) is 17.5 Å². The zero-order valence-corrected chi connectivity index (χ0v) is 14.5. The lowest BCUT2D eigenvalue weighted by molar-refractivity contribution is 0.555. The van der Waals surface area contributed by atoms with Crippen molar-refractivity contribution in [2.75, 3.05) is 11.9 Å². The van der Waals surface area contributed by atoms with Crippen LogP contribution in [0.1, 0.15) is 84.9 Å². The first-order valence-electron chi connectivity index (χ1n) is 8.12. The number of hydrogen-bond donors (Lipinski definition) is 1. The lowest BCUT2D eigenvalue weighted by atomic mass is 9.96. The first-order valence-corrected chi connectivity index (χ1v) is 8.89.